The van der Waals surface area contributed by atoms with Gasteiger partial charge in [0.2, 0.25) is 5.91 Å². The number of piperidine rings is 1. The summed E-state index contributed by atoms with van der Waals surface area (Å²) in [6, 6.07) is 15.6. The summed E-state index contributed by atoms with van der Waals surface area (Å²) < 4.78 is 52.1. The van der Waals surface area contributed by atoms with Gasteiger partial charge in [-0.15, -0.1) is 11.3 Å². The van der Waals surface area contributed by atoms with Crippen LogP contribution < -0.4 is 9.64 Å². The van der Waals surface area contributed by atoms with Crippen molar-refractivity contribution in [3.63, 3.8) is 0 Å². The van der Waals surface area contributed by atoms with Gasteiger partial charge in [-0.3, -0.25) is 14.5 Å². The highest BCUT2D eigenvalue weighted by Crippen LogP contribution is 2.43. The number of carbonyl (C=O) groups is 2. The molecule has 2 aliphatic rings. The Balaban J connectivity index is 1.19. The molecule has 2 aliphatic heterocycles. The first kappa shape index (κ1) is 28.2. The third-order valence-electron chi connectivity index (χ3n) is 7.32. The van der Waals surface area contributed by atoms with Gasteiger partial charge in [-0.2, -0.15) is 13.2 Å². The Kier molecular flexibility index (Phi) is 8.46. The van der Waals surface area contributed by atoms with Crippen LogP contribution in [-0.2, 0) is 33.5 Å². The number of esters is 1. The zero-order chi connectivity index (χ0) is 28.3. The topological polar surface area (TPSA) is 59.1 Å². The number of benzene rings is 2. The maximum atomic E-state index is 13.7. The van der Waals surface area contributed by atoms with Crippen molar-refractivity contribution in [3.05, 3.63) is 69.9 Å². The van der Waals surface area contributed by atoms with E-state index in [4.69, 9.17) is 9.47 Å². The van der Waals surface area contributed by atoms with Crippen LogP contribution in [0.2, 0.25) is 0 Å². The van der Waals surface area contributed by atoms with E-state index in [1.54, 1.807) is 54.3 Å². The molecule has 10 heteroatoms. The molecule has 0 aliphatic carbocycles. The van der Waals surface area contributed by atoms with Crippen LogP contribution in [0.1, 0.15) is 35.1 Å². The number of thiophene rings is 1. The molecule has 1 amide bonds. The maximum absolute atomic E-state index is 13.7. The monoisotopic (exact) mass is 572 g/mol. The number of alkyl halides is 3. The fourth-order valence-electron chi connectivity index (χ4n) is 5.30. The molecular weight excluding hydrogens is 541 g/mol. The van der Waals surface area contributed by atoms with Crippen molar-refractivity contribution < 1.29 is 32.2 Å². The number of nitrogens with zero attached hydrogens (tertiary/aromatic N) is 2. The lowest BCUT2D eigenvalue weighted by Crippen LogP contribution is -2.44. The number of hydrogen-bond acceptors (Lipinski definition) is 6. The van der Waals surface area contributed by atoms with Crippen LogP contribution in [0.25, 0.3) is 11.1 Å². The number of hydrogen-bond donors (Lipinski definition) is 0. The number of amides is 1. The van der Waals surface area contributed by atoms with Crippen molar-refractivity contribution in [1.29, 1.82) is 0 Å². The summed E-state index contributed by atoms with van der Waals surface area (Å²) in [7, 11) is 0. The zero-order valence-electron chi connectivity index (χ0n) is 22.2. The number of halogens is 3. The Morgan fingerprint density at radius 1 is 1.02 bits per heavy atom. The molecule has 6 nitrogen and oxygen atoms in total. The molecule has 3 aromatic rings. The molecule has 1 fully saturated rings. The average molecular weight is 573 g/mol. The summed E-state index contributed by atoms with van der Waals surface area (Å²) in [6.45, 7) is 4.40. The van der Waals surface area contributed by atoms with Crippen LogP contribution in [0.4, 0.5) is 18.9 Å². The molecule has 3 heterocycles. The summed E-state index contributed by atoms with van der Waals surface area (Å²) in [5.74, 6) is 0.305. The number of fused-ring (bicyclic) bond motifs is 1. The van der Waals surface area contributed by atoms with Crippen LogP contribution in [0, 0.1) is 5.92 Å². The number of rotatable bonds is 8. The second kappa shape index (κ2) is 12.0. The van der Waals surface area contributed by atoms with Crippen molar-refractivity contribution in [2.24, 2.45) is 5.92 Å². The minimum absolute atomic E-state index is 0.00806. The molecule has 0 spiro atoms. The highest BCUT2D eigenvalue weighted by Gasteiger charge is 2.36. The summed E-state index contributed by atoms with van der Waals surface area (Å²) in [6.07, 6.45) is -2.40. The van der Waals surface area contributed by atoms with Crippen LogP contribution in [0.3, 0.4) is 0 Å². The molecule has 0 saturated carbocycles. The van der Waals surface area contributed by atoms with E-state index in [-0.39, 0.29) is 36.5 Å². The molecule has 0 bridgehead atoms. The number of carbonyl (C=O) groups excluding carboxylic acids is 2. The quantitative estimate of drug-likeness (QED) is 0.302. The highest BCUT2D eigenvalue weighted by atomic mass is 32.1. The van der Waals surface area contributed by atoms with Gasteiger partial charge in [-0.25, -0.2) is 0 Å². The van der Waals surface area contributed by atoms with Crippen LogP contribution in [-0.4, -0.2) is 49.6 Å². The van der Waals surface area contributed by atoms with Gasteiger partial charge < -0.3 is 14.4 Å². The molecular formula is C30H31F3N2O4S. The molecule has 0 atom stereocenters. The van der Waals surface area contributed by atoms with E-state index >= 15 is 0 Å². The van der Waals surface area contributed by atoms with Gasteiger partial charge in [0, 0.05) is 22.7 Å². The molecule has 212 valence electrons. The molecule has 0 unspecified atom stereocenters. The number of likely N-dealkylation sites (tertiary alicyclic amines) is 1. The molecule has 5 rings (SSSR count). The van der Waals surface area contributed by atoms with Crippen LogP contribution in [0.5, 0.6) is 5.75 Å². The standard InChI is InChI=1S/C30H31F3N2O4S/c1-2-38-29(37)21-10-13-34(14-11-21)18-27(36)35-15-12-22-16-23(8-9-26(22)35)39-19-24-17-25(20-6-4-3-5-7-20)28(40-24)30(31,32)33/h3-9,16-17,21H,2,10-15,18-19H2,1H3. The van der Waals surface area contributed by atoms with Gasteiger partial charge in [-0.05, 0) is 74.7 Å². The molecule has 0 radical (unpaired) electrons. The molecule has 1 saturated heterocycles. The summed E-state index contributed by atoms with van der Waals surface area (Å²) in [5.41, 5.74) is 2.48. The van der Waals surface area contributed by atoms with E-state index in [0.29, 0.717) is 73.0 Å². The zero-order valence-corrected chi connectivity index (χ0v) is 23.0. The maximum Gasteiger partial charge on any atom is 0.426 e. The SMILES string of the molecule is CCOC(=O)C1CCN(CC(=O)N2CCc3cc(OCc4cc(-c5ccccc5)c(C(F)(F)F)s4)ccc32)CC1. The first-order valence-corrected chi connectivity index (χ1v) is 14.2. The Morgan fingerprint density at radius 3 is 2.48 bits per heavy atom. The van der Waals surface area contributed by atoms with Crippen molar-refractivity contribution in [3.8, 4) is 16.9 Å². The van der Waals surface area contributed by atoms with Crippen molar-refractivity contribution in [2.75, 3.05) is 37.7 Å². The Hall–Kier alpha value is -3.37. The van der Waals surface area contributed by atoms with Gasteiger partial charge >= 0.3 is 12.1 Å². The van der Waals surface area contributed by atoms with E-state index < -0.39 is 11.1 Å². The average Bonchev–Trinajstić information content (AvgIpc) is 3.57. The lowest BCUT2D eigenvalue weighted by molar-refractivity contribution is -0.149. The number of anilines is 1. The highest BCUT2D eigenvalue weighted by molar-refractivity contribution is 7.12. The van der Waals surface area contributed by atoms with E-state index in [1.165, 1.54) is 0 Å². The van der Waals surface area contributed by atoms with Crippen molar-refractivity contribution in [1.82, 2.24) is 4.90 Å². The van der Waals surface area contributed by atoms with Gasteiger partial charge in [0.15, 0.2) is 0 Å². The van der Waals surface area contributed by atoms with E-state index in [9.17, 15) is 22.8 Å². The number of ether oxygens (including phenoxy) is 2. The predicted molar refractivity (Wildman–Crippen MR) is 147 cm³/mol. The lowest BCUT2D eigenvalue weighted by atomic mass is 9.97. The Labute approximate surface area is 235 Å². The first-order valence-electron chi connectivity index (χ1n) is 13.4. The molecule has 1 aromatic heterocycles. The minimum atomic E-state index is -4.45. The van der Waals surface area contributed by atoms with Crippen molar-refractivity contribution in [2.45, 2.75) is 39.0 Å². The molecule has 2 aromatic carbocycles. The fourth-order valence-corrected chi connectivity index (χ4v) is 6.26. The van der Waals surface area contributed by atoms with E-state index in [1.807, 2.05) is 12.1 Å². The van der Waals surface area contributed by atoms with Crippen molar-refractivity contribution >= 4 is 28.9 Å². The van der Waals surface area contributed by atoms with Crippen LogP contribution in [0.15, 0.2) is 54.6 Å². The van der Waals surface area contributed by atoms with E-state index in [0.717, 1.165) is 11.3 Å². The lowest BCUT2D eigenvalue weighted by Gasteiger charge is -2.31. The normalized spacial score (nSPS) is 16.1. The second-order valence-electron chi connectivity index (χ2n) is 10.00. The third-order valence-corrected chi connectivity index (χ3v) is 8.47. The van der Waals surface area contributed by atoms with Gasteiger partial charge in [0.1, 0.15) is 17.2 Å². The predicted octanol–water partition coefficient (Wildman–Crippen LogP) is 6.18. The smallest absolute Gasteiger partial charge is 0.426 e. The molecule has 40 heavy (non-hydrogen) atoms. The summed E-state index contributed by atoms with van der Waals surface area (Å²) in [5, 5.41) is 0. The Morgan fingerprint density at radius 2 is 1.77 bits per heavy atom. The largest absolute Gasteiger partial charge is 0.488 e. The van der Waals surface area contributed by atoms with Gasteiger partial charge in [0.25, 0.3) is 0 Å². The van der Waals surface area contributed by atoms with Gasteiger partial charge in [-0.1, -0.05) is 30.3 Å². The fraction of sp³-hybridized carbons (Fsp3) is 0.400. The second-order valence-corrected chi connectivity index (χ2v) is 11.1. The third kappa shape index (κ3) is 6.33. The summed E-state index contributed by atoms with van der Waals surface area (Å²) in [4.78, 5) is 28.8. The molecule has 0 N–H and O–H groups in total. The van der Waals surface area contributed by atoms with Crippen LogP contribution >= 0.6 is 11.3 Å². The van der Waals surface area contributed by atoms with E-state index in [2.05, 4.69) is 4.90 Å². The minimum Gasteiger partial charge on any atom is -0.488 e. The summed E-state index contributed by atoms with van der Waals surface area (Å²) >= 11 is 0.698. The van der Waals surface area contributed by atoms with Gasteiger partial charge in [0.05, 0.1) is 19.1 Å². The first-order chi connectivity index (χ1) is 19.2. The Bertz CT molecular complexity index is 1350.